The van der Waals surface area contributed by atoms with Crippen molar-refractivity contribution in [2.45, 2.75) is 32.4 Å². The van der Waals surface area contributed by atoms with E-state index in [-0.39, 0.29) is 24.4 Å². The SMILES string of the molecule is CCCC1NC(=O)CN(Cc2ccccn2)C1=O. The Balaban J connectivity index is 2.07. The molecule has 1 aromatic heterocycles. The molecule has 5 heteroatoms. The van der Waals surface area contributed by atoms with Crippen LogP contribution in [0.3, 0.4) is 0 Å². The number of piperazine rings is 1. The molecule has 5 nitrogen and oxygen atoms in total. The molecule has 0 aliphatic carbocycles. The van der Waals surface area contributed by atoms with Crippen molar-refractivity contribution >= 4 is 11.8 Å². The van der Waals surface area contributed by atoms with E-state index in [9.17, 15) is 9.59 Å². The Kier molecular flexibility index (Phi) is 3.92. The predicted octanol–water partition coefficient (Wildman–Crippen LogP) is 0.709. The quantitative estimate of drug-likeness (QED) is 0.852. The first-order chi connectivity index (χ1) is 8.70. The van der Waals surface area contributed by atoms with Crippen LogP contribution in [-0.4, -0.2) is 34.3 Å². The lowest BCUT2D eigenvalue weighted by molar-refractivity contribution is -0.145. The molecule has 2 rings (SSSR count). The fourth-order valence-corrected chi connectivity index (χ4v) is 2.08. The third-order valence-electron chi connectivity index (χ3n) is 2.94. The maximum atomic E-state index is 12.1. The summed E-state index contributed by atoms with van der Waals surface area (Å²) in [6.07, 6.45) is 3.24. The topological polar surface area (TPSA) is 62.3 Å². The average Bonchev–Trinajstić information content (AvgIpc) is 2.36. The van der Waals surface area contributed by atoms with E-state index < -0.39 is 0 Å². The Bertz CT molecular complexity index is 433. The highest BCUT2D eigenvalue weighted by molar-refractivity contribution is 5.94. The van der Waals surface area contributed by atoms with Crippen LogP contribution in [-0.2, 0) is 16.1 Å². The highest BCUT2D eigenvalue weighted by Gasteiger charge is 2.31. The van der Waals surface area contributed by atoms with Gasteiger partial charge in [0.25, 0.3) is 0 Å². The Labute approximate surface area is 106 Å². The summed E-state index contributed by atoms with van der Waals surface area (Å²) in [5.41, 5.74) is 0.802. The molecule has 0 bridgehead atoms. The maximum absolute atomic E-state index is 12.1. The zero-order valence-electron chi connectivity index (χ0n) is 10.4. The molecule has 1 aromatic rings. The lowest BCUT2D eigenvalue weighted by Gasteiger charge is -2.32. The Hall–Kier alpha value is -1.91. The van der Waals surface area contributed by atoms with E-state index in [0.717, 1.165) is 12.1 Å². The number of carbonyl (C=O) groups excluding carboxylic acids is 2. The zero-order chi connectivity index (χ0) is 13.0. The Morgan fingerprint density at radius 2 is 2.28 bits per heavy atom. The van der Waals surface area contributed by atoms with Gasteiger partial charge in [-0.3, -0.25) is 14.6 Å². The van der Waals surface area contributed by atoms with Crippen molar-refractivity contribution in [3.8, 4) is 0 Å². The van der Waals surface area contributed by atoms with Crippen LogP contribution in [0.1, 0.15) is 25.5 Å². The molecule has 1 saturated heterocycles. The van der Waals surface area contributed by atoms with E-state index in [1.54, 1.807) is 11.1 Å². The number of hydrogen-bond acceptors (Lipinski definition) is 3. The summed E-state index contributed by atoms with van der Waals surface area (Å²) in [6, 6.07) is 5.18. The summed E-state index contributed by atoms with van der Waals surface area (Å²) >= 11 is 0. The minimum Gasteiger partial charge on any atom is -0.343 e. The molecule has 0 aromatic carbocycles. The summed E-state index contributed by atoms with van der Waals surface area (Å²) < 4.78 is 0. The molecule has 18 heavy (non-hydrogen) atoms. The lowest BCUT2D eigenvalue weighted by atomic mass is 10.1. The number of rotatable bonds is 4. The van der Waals surface area contributed by atoms with Gasteiger partial charge in [-0.2, -0.15) is 0 Å². The third-order valence-corrected chi connectivity index (χ3v) is 2.94. The Morgan fingerprint density at radius 3 is 2.94 bits per heavy atom. The van der Waals surface area contributed by atoms with Gasteiger partial charge in [-0.05, 0) is 18.6 Å². The summed E-state index contributed by atoms with van der Waals surface area (Å²) in [4.78, 5) is 29.5. The van der Waals surface area contributed by atoms with Gasteiger partial charge in [0, 0.05) is 6.20 Å². The van der Waals surface area contributed by atoms with E-state index in [1.807, 2.05) is 25.1 Å². The molecule has 2 amide bonds. The third kappa shape index (κ3) is 2.85. The normalized spacial score (nSPS) is 19.8. The average molecular weight is 247 g/mol. The first-order valence-electron chi connectivity index (χ1n) is 6.18. The van der Waals surface area contributed by atoms with Crippen LogP contribution in [0.5, 0.6) is 0 Å². The van der Waals surface area contributed by atoms with Crippen molar-refractivity contribution in [3.63, 3.8) is 0 Å². The van der Waals surface area contributed by atoms with Crippen molar-refractivity contribution < 1.29 is 9.59 Å². The number of amides is 2. The predicted molar refractivity (Wildman–Crippen MR) is 66.5 cm³/mol. The molecule has 1 unspecified atom stereocenters. The molecule has 0 radical (unpaired) electrons. The highest BCUT2D eigenvalue weighted by Crippen LogP contribution is 2.10. The van der Waals surface area contributed by atoms with Crippen molar-refractivity contribution in [3.05, 3.63) is 30.1 Å². The monoisotopic (exact) mass is 247 g/mol. The zero-order valence-corrected chi connectivity index (χ0v) is 10.4. The van der Waals surface area contributed by atoms with Crippen LogP contribution in [0.25, 0.3) is 0 Å². The summed E-state index contributed by atoms with van der Waals surface area (Å²) in [7, 11) is 0. The van der Waals surface area contributed by atoms with Gasteiger partial charge in [-0.25, -0.2) is 0 Å². The molecule has 1 fully saturated rings. The van der Waals surface area contributed by atoms with Crippen molar-refractivity contribution in [1.29, 1.82) is 0 Å². The number of nitrogens with zero attached hydrogens (tertiary/aromatic N) is 2. The van der Waals surface area contributed by atoms with Crippen molar-refractivity contribution in [2.24, 2.45) is 0 Å². The van der Waals surface area contributed by atoms with E-state index in [2.05, 4.69) is 10.3 Å². The molecule has 0 spiro atoms. The van der Waals surface area contributed by atoms with Gasteiger partial charge in [0.15, 0.2) is 0 Å². The molecule has 1 aliphatic heterocycles. The second kappa shape index (κ2) is 5.62. The first-order valence-corrected chi connectivity index (χ1v) is 6.18. The van der Waals surface area contributed by atoms with Crippen LogP contribution < -0.4 is 5.32 Å². The fourth-order valence-electron chi connectivity index (χ4n) is 2.08. The Morgan fingerprint density at radius 1 is 1.44 bits per heavy atom. The van der Waals surface area contributed by atoms with E-state index in [1.165, 1.54) is 0 Å². The van der Waals surface area contributed by atoms with Crippen molar-refractivity contribution in [1.82, 2.24) is 15.2 Å². The van der Waals surface area contributed by atoms with Gasteiger partial charge >= 0.3 is 0 Å². The standard InChI is InChI=1S/C13H17N3O2/c1-2-5-11-13(18)16(9-12(17)15-11)8-10-6-3-4-7-14-10/h3-4,6-7,11H,2,5,8-9H2,1H3,(H,15,17). The van der Waals surface area contributed by atoms with E-state index >= 15 is 0 Å². The largest absolute Gasteiger partial charge is 0.343 e. The summed E-state index contributed by atoms with van der Waals surface area (Å²) in [5, 5.41) is 2.73. The van der Waals surface area contributed by atoms with Crippen LogP contribution in [0.2, 0.25) is 0 Å². The van der Waals surface area contributed by atoms with E-state index in [4.69, 9.17) is 0 Å². The van der Waals surface area contributed by atoms with Gasteiger partial charge in [0.1, 0.15) is 12.6 Å². The molecule has 96 valence electrons. The second-order valence-corrected chi connectivity index (χ2v) is 4.42. The second-order valence-electron chi connectivity index (χ2n) is 4.42. The van der Waals surface area contributed by atoms with Crippen LogP contribution in [0.4, 0.5) is 0 Å². The number of hydrogen-bond donors (Lipinski definition) is 1. The number of pyridine rings is 1. The van der Waals surface area contributed by atoms with Crippen LogP contribution in [0, 0.1) is 0 Å². The van der Waals surface area contributed by atoms with Crippen molar-refractivity contribution in [2.75, 3.05) is 6.54 Å². The highest BCUT2D eigenvalue weighted by atomic mass is 16.2. The molecular formula is C13H17N3O2. The minimum atomic E-state index is -0.375. The number of carbonyl (C=O) groups is 2. The fraction of sp³-hybridized carbons (Fsp3) is 0.462. The van der Waals surface area contributed by atoms with E-state index in [0.29, 0.717) is 13.0 Å². The van der Waals surface area contributed by atoms with Gasteiger partial charge in [0.05, 0.1) is 12.2 Å². The summed E-state index contributed by atoms with van der Waals surface area (Å²) in [6.45, 7) is 2.51. The smallest absolute Gasteiger partial charge is 0.245 e. The number of aromatic nitrogens is 1. The molecule has 1 aliphatic rings. The number of nitrogens with one attached hydrogen (secondary N) is 1. The molecular weight excluding hydrogens is 230 g/mol. The molecule has 2 heterocycles. The maximum Gasteiger partial charge on any atom is 0.245 e. The van der Waals surface area contributed by atoms with Gasteiger partial charge in [-0.15, -0.1) is 0 Å². The summed E-state index contributed by atoms with van der Waals surface area (Å²) in [5.74, 6) is -0.105. The van der Waals surface area contributed by atoms with Crippen LogP contribution >= 0.6 is 0 Å². The first kappa shape index (κ1) is 12.5. The molecule has 0 saturated carbocycles. The van der Waals surface area contributed by atoms with Gasteiger partial charge in [-0.1, -0.05) is 19.4 Å². The van der Waals surface area contributed by atoms with Crippen LogP contribution in [0.15, 0.2) is 24.4 Å². The molecule has 1 atom stereocenters. The molecule has 1 N–H and O–H groups in total. The lowest BCUT2D eigenvalue weighted by Crippen LogP contribution is -2.57. The van der Waals surface area contributed by atoms with Gasteiger partial charge < -0.3 is 10.2 Å². The minimum absolute atomic E-state index is 0.0119. The van der Waals surface area contributed by atoms with Gasteiger partial charge in [0.2, 0.25) is 11.8 Å².